The number of hydrogen-bond donors (Lipinski definition) is 1. The Labute approximate surface area is 123 Å². The number of rotatable bonds is 3. The van der Waals surface area contributed by atoms with Crippen LogP contribution in [0.2, 0.25) is 0 Å². The SMILES string of the molecule is CC(C)=CC(=O)NC1CCN(C)C1c1ccc(F)c(F)c1. The summed E-state index contributed by atoms with van der Waals surface area (Å²) in [6.45, 7) is 4.50. The highest BCUT2D eigenvalue weighted by Gasteiger charge is 2.34. The van der Waals surface area contributed by atoms with Gasteiger partial charge in [-0.25, -0.2) is 8.78 Å². The van der Waals surface area contributed by atoms with E-state index < -0.39 is 11.6 Å². The second kappa shape index (κ2) is 6.35. The quantitative estimate of drug-likeness (QED) is 0.869. The molecule has 0 bridgehead atoms. The number of halogens is 2. The minimum atomic E-state index is -0.859. The molecule has 0 spiro atoms. The molecule has 1 aliphatic heterocycles. The van der Waals surface area contributed by atoms with Crippen molar-refractivity contribution in [2.24, 2.45) is 0 Å². The molecule has 1 aliphatic rings. The molecule has 0 aromatic heterocycles. The molecule has 114 valence electrons. The van der Waals surface area contributed by atoms with Crippen molar-refractivity contribution in [3.63, 3.8) is 0 Å². The van der Waals surface area contributed by atoms with Gasteiger partial charge in [-0.3, -0.25) is 9.69 Å². The molecule has 0 aliphatic carbocycles. The fourth-order valence-electron chi connectivity index (χ4n) is 2.77. The second-order valence-electron chi connectivity index (χ2n) is 5.72. The molecular weight excluding hydrogens is 274 g/mol. The van der Waals surface area contributed by atoms with Crippen LogP contribution in [0.15, 0.2) is 29.8 Å². The van der Waals surface area contributed by atoms with Crippen molar-refractivity contribution in [1.29, 1.82) is 0 Å². The molecule has 1 N–H and O–H groups in total. The summed E-state index contributed by atoms with van der Waals surface area (Å²) < 4.78 is 26.5. The summed E-state index contributed by atoms with van der Waals surface area (Å²) in [7, 11) is 1.92. The van der Waals surface area contributed by atoms with E-state index in [0.717, 1.165) is 24.6 Å². The molecule has 1 aromatic rings. The molecule has 0 saturated carbocycles. The van der Waals surface area contributed by atoms with Gasteiger partial charge in [-0.15, -0.1) is 0 Å². The van der Waals surface area contributed by atoms with Gasteiger partial charge in [0.05, 0.1) is 12.1 Å². The average Bonchev–Trinajstić information content (AvgIpc) is 2.73. The molecule has 1 saturated heterocycles. The lowest BCUT2D eigenvalue weighted by Gasteiger charge is -2.26. The number of hydrogen-bond acceptors (Lipinski definition) is 2. The number of nitrogens with zero attached hydrogens (tertiary/aromatic N) is 1. The van der Waals surface area contributed by atoms with Crippen LogP contribution in [-0.2, 0) is 4.79 Å². The van der Waals surface area contributed by atoms with Crippen molar-refractivity contribution in [1.82, 2.24) is 10.2 Å². The summed E-state index contributed by atoms with van der Waals surface area (Å²) >= 11 is 0. The van der Waals surface area contributed by atoms with Crippen molar-refractivity contribution in [2.45, 2.75) is 32.4 Å². The Morgan fingerprint density at radius 2 is 2.05 bits per heavy atom. The smallest absolute Gasteiger partial charge is 0.244 e. The van der Waals surface area contributed by atoms with E-state index >= 15 is 0 Å². The van der Waals surface area contributed by atoms with Crippen molar-refractivity contribution in [3.05, 3.63) is 47.0 Å². The van der Waals surface area contributed by atoms with Gasteiger partial charge in [-0.05, 0) is 45.0 Å². The van der Waals surface area contributed by atoms with Gasteiger partial charge < -0.3 is 5.32 Å². The van der Waals surface area contributed by atoms with Crippen molar-refractivity contribution in [2.75, 3.05) is 13.6 Å². The summed E-state index contributed by atoms with van der Waals surface area (Å²) in [6.07, 6.45) is 2.32. The highest BCUT2D eigenvalue weighted by Crippen LogP contribution is 2.31. The summed E-state index contributed by atoms with van der Waals surface area (Å²) in [5.41, 5.74) is 1.60. The van der Waals surface area contributed by atoms with Crippen molar-refractivity contribution < 1.29 is 13.6 Å². The van der Waals surface area contributed by atoms with Crippen LogP contribution in [0.4, 0.5) is 8.78 Å². The molecule has 2 rings (SSSR count). The van der Waals surface area contributed by atoms with Gasteiger partial charge in [-0.2, -0.15) is 0 Å². The Morgan fingerprint density at radius 3 is 2.67 bits per heavy atom. The van der Waals surface area contributed by atoms with Gasteiger partial charge in [0.2, 0.25) is 5.91 Å². The number of carbonyl (C=O) groups excluding carboxylic acids is 1. The van der Waals surface area contributed by atoms with Gasteiger partial charge >= 0.3 is 0 Å². The van der Waals surface area contributed by atoms with Crippen molar-refractivity contribution >= 4 is 5.91 Å². The van der Waals surface area contributed by atoms with Crippen LogP contribution in [0.3, 0.4) is 0 Å². The van der Waals surface area contributed by atoms with Gasteiger partial charge in [0.15, 0.2) is 11.6 Å². The molecule has 2 unspecified atom stereocenters. The van der Waals surface area contributed by atoms with Crippen LogP contribution in [0, 0.1) is 11.6 Å². The molecule has 21 heavy (non-hydrogen) atoms. The minimum absolute atomic E-state index is 0.108. The number of amides is 1. The Balaban J connectivity index is 2.20. The molecule has 2 atom stereocenters. The number of benzene rings is 1. The standard InChI is InChI=1S/C16H20F2N2O/c1-10(2)8-15(21)19-14-6-7-20(3)16(14)11-4-5-12(17)13(18)9-11/h4-5,8-9,14,16H,6-7H2,1-3H3,(H,19,21). The van der Waals surface area contributed by atoms with Crippen LogP contribution < -0.4 is 5.32 Å². The zero-order chi connectivity index (χ0) is 15.6. The third kappa shape index (κ3) is 3.67. The lowest BCUT2D eigenvalue weighted by Crippen LogP contribution is -2.38. The first kappa shape index (κ1) is 15.6. The number of likely N-dealkylation sites (tertiary alicyclic amines) is 1. The highest BCUT2D eigenvalue weighted by molar-refractivity contribution is 5.88. The highest BCUT2D eigenvalue weighted by atomic mass is 19.2. The van der Waals surface area contributed by atoms with Gasteiger partial charge in [0, 0.05) is 12.6 Å². The summed E-state index contributed by atoms with van der Waals surface area (Å²) in [5.74, 6) is -1.87. The lowest BCUT2D eigenvalue weighted by atomic mass is 10.00. The van der Waals surface area contributed by atoms with E-state index in [4.69, 9.17) is 0 Å². The van der Waals surface area contributed by atoms with Crippen LogP contribution in [0.1, 0.15) is 31.9 Å². The number of nitrogens with one attached hydrogen (secondary N) is 1. The van der Waals surface area contributed by atoms with Crippen molar-refractivity contribution in [3.8, 4) is 0 Å². The van der Waals surface area contributed by atoms with Gasteiger partial charge in [0.1, 0.15) is 0 Å². The molecular formula is C16H20F2N2O. The fourth-order valence-corrected chi connectivity index (χ4v) is 2.77. The maximum atomic E-state index is 13.4. The predicted molar refractivity (Wildman–Crippen MR) is 77.7 cm³/mol. The van der Waals surface area contributed by atoms with Crippen LogP contribution in [-0.4, -0.2) is 30.4 Å². The third-order valence-electron chi connectivity index (χ3n) is 3.68. The van der Waals surface area contributed by atoms with E-state index in [-0.39, 0.29) is 18.0 Å². The van der Waals surface area contributed by atoms with Crippen LogP contribution in [0.25, 0.3) is 0 Å². The largest absolute Gasteiger partial charge is 0.348 e. The molecule has 1 aromatic carbocycles. The second-order valence-corrected chi connectivity index (χ2v) is 5.72. The summed E-state index contributed by atoms with van der Waals surface area (Å²) in [4.78, 5) is 13.9. The molecule has 1 amide bonds. The van der Waals surface area contributed by atoms with E-state index in [2.05, 4.69) is 5.32 Å². The Hall–Kier alpha value is -1.75. The molecule has 1 fully saturated rings. The molecule has 5 heteroatoms. The number of likely N-dealkylation sites (N-methyl/N-ethyl adjacent to an activating group) is 1. The Kier molecular flexibility index (Phi) is 4.73. The summed E-state index contributed by atoms with van der Waals surface area (Å²) in [5, 5.41) is 2.95. The zero-order valence-electron chi connectivity index (χ0n) is 12.5. The van der Waals surface area contributed by atoms with E-state index in [1.54, 1.807) is 12.1 Å². The topological polar surface area (TPSA) is 32.3 Å². The normalized spacial score (nSPS) is 22.1. The molecule has 0 radical (unpaired) electrons. The first-order chi connectivity index (χ1) is 9.88. The van der Waals surface area contributed by atoms with E-state index in [0.29, 0.717) is 5.56 Å². The number of carbonyl (C=O) groups is 1. The van der Waals surface area contributed by atoms with E-state index in [9.17, 15) is 13.6 Å². The first-order valence-corrected chi connectivity index (χ1v) is 6.99. The molecule has 3 nitrogen and oxygen atoms in total. The fraction of sp³-hybridized carbons (Fsp3) is 0.438. The number of allylic oxidation sites excluding steroid dienone is 1. The maximum Gasteiger partial charge on any atom is 0.244 e. The Bertz CT molecular complexity index is 567. The van der Waals surface area contributed by atoms with Gasteiger partial charge in [-0.1, -0.05) is 11.6 Å². The van der Waals surface area contributed by atoms with E-state index in [1.165, 1.54) is 6.07 Å². The lowest BCUT2D eigenvalue weighted by molar-refractivity contribution is -0.117. The molecule has 1 heterocycles. The van der Waals surface area contributed by atoms with E-state index in [1.807, 2.05) is 25.8 Å². The predicted octanol–water partition coefficient (Wildman–Crippen LogP) is 2.79. The zero-order valence-corrected chi connectivity index (χ0v) is 12.5. The summed E-state index contributed by atoms with van der Waals surface area (Å²) in [6, 6.07) is 3.66. The van der Waals surface area contributed by atoms with Crippen LogP contribution >= 0.6 is 0 Å². The minimum Gasteiger partial charge on any atom is -0.348 e. The Morgan fingerprint density at radius 1 is 1.33 bits per heavy atom. The maximum absolute atomic E-state index is 13.4. The van der Waals surface area contributed by atoms with Gasteiger partial charge in [0.25, 0.3) is 0 Å². The average molecular weight is 294 g/mol. The third-order valence-corrected chi connectivity index (χ3v) is 3.68. The van der Waals surface area contributed by atoms with Crippen LogP contribution in [0.5, 0.6) is 0 Å². The monoisotopic (exact) mass is 294 g/mol. The first-order valence-electron chi connectivity index (χ1n) is 6.99.